The van der Waals surface area contributed by atoms with Crippen LogP contribution >= 0.6 is 7.44 Å². The van der Waals surface area contributed by atoms with Crippen LogP contribution < -0.4 is 10.4 Å². The molecule has 0 bridgehead atoms. The number of aryl methyl sites for hydroxylation is 2. The molecule has 4 aromatic rings. The Kier molecular flexibility index (Phi) is 5.37. The van der Waals surface area contributed by atoms with E-state index in [0.717, 1.165) is 22.5 Å². The first-order valence-electron chi connectivity index (χ1n) is 11.0. The fourth-order valence-corrected chi connectivity index (χ4v) is 6.64. The molecule has 6 nitrogen and oxygen atoms in total. The number of halogens is 1. The number of rotatable bonds is 4. The summed E-state index contributed by atoms with van der Waals surface area (Å²) in [6.07, 6.45) is 0. The number of hydrogen-bond acceptors (Lipinski definition) is 3. The average molecular weight is 473 g/mol. The molecule has 0 amide bonds. The van der Waals surface area contributed by atoms with Crippen molar-refractivity contribution < 1.29 is 8.96 Å². The van der Waals surface area contributed by atoms with E-state index in [-0.39, 0.29) is 5.82 Å². The van der Waals surface area contributed by atoms with Gasteiger partial charge < -0.3 is 5.09 Å². The molecule has 8 heteroatoms. The van der Waals surface area contributed by atoms with E-state index in [4.69, 9.17) is 10.1 Å². The third kappa shape index (κ3) is 3.53. The van der Waals surface area contributed by atoms with Crippen molar-refractivity contribution >= 4 is 30.1 Å². The van der Waals surface area contributed by atoms with E-state index in [1.54, 1.807) is 28.5 Å². The molecule has 5 rings (SSSR count). The van der Waals surface area contributed by atoms with Gasteiger partial charge in [-0.15, -0.1) is 0 Å². The minimum Gasteiger partial charge on any atom is -0.316 e. The summed E-state index contributed by atoms with van der Waals surface area (Å²) in [6.45, 7) is 5.88. The van der Waals surface area contributed by atoms with Crippen molar-refractivity contribution in [1.82, 2.24) is 14.5 Å². The first-order chi connectivity index (χ1) is 16.3. The Morgan fingerprint density at radius 2 is 1.62 bits per heavy atom. The summed E-state index contributed by atoms with van der Waals surface area (Å²) in [4.78, 5) is 4.91. The Morgan fingerprint density at radius 3 is 2.32 bits per heavy atom. The Hall–Kier alpha value is -3.70. The molecule has 1 aliphatic heterocycles. The lowest BCUT2D eigenvalue weighted by atomic mass is 10.1. The molecule has 1 aliphatic rings. The fraction of sp³-hybridized carbons (Fsp3) is 0.154. The lowest BCUT2D eigenvalue weighted by molar-refractivity contribution is 0.553. The second-order valence-corrected chi connectivity index (χ2v) is 10.8. The summed E-state index contributed by atoms with van der Waals surface area (Å²) in [7, 11) is -1.71. The number of para-hydroxylation sites is 1. The fourth-order valence-electron chi connectivity index (χ4n) is 4.18. The van der Waals surface area contributed by atoms with Crippen LogP contribution in [0.15, 0.2) is 77.8 Å². The minimum absolute atomic E-state index is 0.342. The molecular weight excluding hydrogens is 448 g/mol. The first-order valence-corrected chi connectivity index (χ1v) is 12.6. The van der Waals surface area contributed by atoms with Gasteiger partial charge in [-0.2, -0.15) is 5.10 Å². The third-order valence-electron chi connectivity index (χ3n) is 6.23. The number of nitrogens with one attached hydrogen (secondary N) is 1. The molecule has 34 heavy (non-hydrogen) atoms. The van der Waals surface area contributed by atoms with Crippen molar-refractivity contribution in [2.45, 2.75) is 20.8 Å². The van der Waals surface area contributed by atoms with Gasteiger partial charge >= 0.3 is 0 Å². The van der Waals surface area contributed by atoms with Crippen molar-refractivity contribution in [1.29, 1.82) is 0 Å². The second kappa shape index (κ2) is 8.26. The van der Waals surface area contributed by atoms with Gasteiger partial charge in [-0.1, -0.05) is 30.3 Å². The number of hydrogen-bond donors (Lipinski definition) is 1. The van der Waals surface area contributed by atoms with Gasteiger partial charge in [0.1, 0.15) is 17.0 Å². The van der Waals surface area contributed by atoms with Crippen molar-refractivity contribution in [2.75, 3.05) is 12.1 Å². The van der Waals surface area contributed by atoms with Crippen LogP contribution in [0.1, 0.15) is 22.4 Å². The van der Waals surface area contributed by atoms with Gasteiger partial charge in [-0.05, 0) is 74.4 Å². The predicted octanol–water partition coefficient (Wildman–Crippen LogP) is 5.89. The quantitative estimate of drug-likeness (QED) is 0.376. The number of aromatic nitrogens is 2. The molecule has 0 unspecified atom stereocenters. The van der Waals surface area contributed by atoms with Gasteiger partial charge in [0.2, 0.25) is 0 Å². The normalized spacial score (nSPS) is 17.3. The van der Waals surface area contributed by atoms with Gasteiger partial charge in [0.05, 0.1) is 11.4 Å². The average Bonchev–Trinajstić information content (AvgIpc) is 3.17. The molecule has 0 aliphatic carbocycles. The molecule has 1 aromatic heterocycles. The zero-order valence-corrected chi connectivity index (χ0v) is 20.3. The van der Waals surface area contributed by atoms with Crippen LogP contribution in [-0.2, 0) is 4.57 Å². The maximum Gasteiger partial charge on any atom is 0.296 e. The smallest absolute Gasteiger partial charge is 0.296 e. The van der Waals surface area contributed by atoms with Crippen LogP contribution in [0.4, 0.5) is 15.9 Å². The van der Waals surface area contributed by atoms with Crippen LogP contribution in [0, 0.1) is 26.6 Å². The summed E-state index contributed by atoms with van der Waals surface area (Å²) >= 11 is 0. The van der Waals surface area contributed by atoms with E-state index in [0.29, 0.717) is 28.2 Å². The first kappa shape index (κ1) is 22.1. The highest BCUT2D eigenvalue weighted by Crippen LogP contribution is 2.54. The number of benzene rings is 3. The zero-order valence-electron chi connectivity index (χ0n) is 19.5. The monoisotopic (exact) mass is 473 g/mol. The maximum atomic E-state index is 14.9. The zero-order chi connectivity index (χ0) is 24.0. The number of fused-ring (bicyclic) bond motifs is 1. The third-order valence-corrected chi connectivity index (χ3v) is 8.94. The molecule has 0 spiro atoms. The highest BCUT2D eigenvalue weighted by molar-refractivity contribution is 7.72. The van der Waals surface area contributed by atoms with Crippen molar-refractivity contribution in [2.24, 2.45) is 4.99 Å². The minimum atomic E-state index is -3.46. The Morgan fingerprint density at radius 1 is 0.912 bits per heavy atom. The van der Waals surface area contributed by atoms with Gasteiger partial charge in [0.25, 0.3) is 7.44 Å². The van der Waals surface area contributed by atoms with Crippen LogP contribution in [0.3, 0.4) is 0 Å². The SMILES string of the molecule is Cc1cccc(N[P@@]2(=O)c3c(C)nn(-c4ccccc4)c3N=C(c3ccc(F)cc3)N2C)c1C. The van der Waals surface area contributed by atoms with Gasteiger partial charge in [-0.25, -0.2) is 14.1 Å². The Bertz CT molecular complexity index is 1460. The van der Waals surface area contributed by atoms with Crippen LogP contribution in [0.2, 0.25) is 0 Å². The number of aliphatic imine (C=N–C) groups is 1. The van der Waals surface area contributed by atoms with Crippen molar-refractivity contribution in [3.63, 3.8) is 0 Å². The van der Waals surface area contributed by atoms with Gasteiger partial charge in [0, 0.05) is 18.3 Å². The summed E-state index contributed by atoms with van der Waals surface area (Å²) in [5, 5.41) is 8.65. The van der Waals surface area contributed by atoms with E-state index in [1.807, 2.05) is 69.3 Å². The molecular formula is C26H25FN5OP. The lowest BCUT2D eigenvalue weighted by Crippen LogP contribution is -2.36. The summed E-state index contributed by atoms with van der Waals surface area (Å²) in [5.41, 5.74) is 5.02. The molecule has 0 fully saturated rings. The highest BCUT2D eigenvalue weighted by atomic mass is 31.2. The predicted molar refractivity (Wildman–Crippen MR) is 135 cm³/mol. The highest BCUT2D eigenvalue weighted by Gasteiger charge is 2.43. The summed E-state index contributed by atoms with van der Waals surface area (Å²) in [6, 6.07) is 21.6. The van der Waals surface area contributed by atoms with E-state index in [1.165, 1.54) is 12.1 Å². The molecule has 1 atom stereocenters. The van der Waals surface area contributed by atoms with Crippen LogP contribution in [-0.4, -0.2) is 27.3 Å². The Balaban J connectivity index is 1.76. The van der Waals surface area contributed by atoms with Crippen LogP contribution in [0.5, 0.6) is 0 Å². The van der Waals surface area contributed by atoms with E-state index in [2.05, 4.69) is 5.09 Å². The van der Waals surface area contributed by atoms with Crippen molar-refractivity contribution in [3.05, 3.63) is 101 Å². The molecule has 0 saturated carbocycles. The molecule has 172 valence electrons. The molecule has 3 aromatic carbocycles. The van der Waals surface area contributed by atoms with Gasteiger partial charge in [0.15, 0.2) is 5.82 Å². The number of anilines is 1. The summed E-state index contributed by atoms with van der Waals surface area (Å²) < 4.78 is 32.0. The molecule has 0 saturated heterocycles. The van der Waals surface area contributed by atoms with E-state index >= 15 is 0 Å². The molecule has 2 heterocycles. The molecule has 0 radical (unpaired) electrons. The maximum absolute atomic E-state index is 14.9. The van der Waals surface area contributed by atoms with Crippen molar-refractivity contribution in [3.8, 4) is 5.69 Å². The van der Waals surface area contributed by atoms with Crippen LogP contribution in [0.25, 0.3) is 5.69 Å². The standard InChI is InChI=1S/C26H25FN5OP/c1-17-9-8-12-23(18(17)2)30-34(33)24-19(3)29-32(22-10-6-5-7-11-22)26(24)28-25(31(34)4)20-13-15-21(27)16-14-20/h5-16H,1-4H3,(H,30,33)/t34-/m0/s1. The van der Waals surface area contributed by atoms with E-state index in [9.17, 15) is 8.96 Å². The summed E-state index contributed by atoms with van der Waals surface area (Å²) in [5.74, 6) is 0.637. The second-order valence-electron chi connectivity index (χ2n) is 8.41. The Labute approximate surface area is 198 Å². The van der Waals surface area contributed by atoms with E-state index < -0.39 is 7.44 Å². The number of amidine groups is 1. The lowest BCUT2D eigenvalue weighted by Gasteiger charge is -2.35. The topological polar surface area (TPSA) is 62.5 Å². The number of nitrogens with zero attached hydrogens (tertiary/aromatic N) is 4. The molecule has 1 N–H and O–H groups in total. The van der Waals surface area contributed by atoms with Gasteiger partial charge in [-0.3, -0.25) is 9.24 Å². The largest absolute Gasteiger partial charge is 0.316 e.